The van der Waals surface area contributed by atoms with Gasteiger partial charge in [-0.3, -0.25) is 4.90 Å². The van der Waals surface area contributed by atoms with Gasteiger partial charge >= 0.3 is 6.03 Å². The SMILES string of the molecule is CN(C)C(=O)N[C@@H]1CCOC2(CCN(Cc3cncn3C)CC2)C1. The maximum absolute atomic E-state index is 11.9. The second-order valence-corrected chi connectivity index (χ2v) is 7.34. The molecule has 1 atom stereocenters. The van der Waals surface area contributed by atoms with Gasteiger partial charge in [0.05, 0.1) is 17.6 Å². The molecule has 0 aromatic carbocycles. The molecule has 2 fully saturated rings. The average molecular weight is 335 g/mol. The topological polar surface area (TPSA) is 62.6 Å². The Kier molecular flexibility index (Phi) is 5.10. The van der Waals surface area contributed by atoms with Crippen LogP contribution in [-0.4, -0.2) is 70.8 Å². The van der Waals surface area contributed by atoms with Gasteiger partial charge in [-0.1, -0.05) is 0 Å². The van der Waals surface area contributed by atoms with E-state index in [-0.39, 0.29) is 17.7 Å². The van der Waals surface area contributed by atoms with E-state index in [9.17, 15) is 4.79 Å². The normalized spacial score (nSPS) is 24.0. The van der Waals surface area contributed by atoms with E-state index < -0.39 is 0 Å². The summed E-state index contributed by atoms with van der Waals surface area (Å²) >= 11 is 0. The fourth-order valence-corrected chi connectivity index (χ4v) is 3.69. The lowest BCUT2D eigenvalue weighted by Gasteiger charge is -2.46. The zero-order chi connectivity index (χ0) is 17.2. The summed E-state index contributed by atoms with van der Waals surface area (Å²) in [6.45, 7) is 3.73. The Balaban J connectivity index is 1.52. The number of piperidine rings is 1. The first kappa shape index (κ1) is 17.2. The molecule has 0 bridgehead atoms. The number of carbonyl (C=O) groups excluding carboxylic acids is 1. The molecule has 1 aromatic rings. The van der Waals surface area contributed by atoms with Crippen LogP contribution >= 0.6 is 0 Å². The number of hydrogen-bond acceptors (Lipinski definition) is 4. The van der Waals surface area contributed by atoms with Crippen LogP contribution in [0, 0.1) is 0 Å². The smallest absolute Gasteiger partial charge is 0.317 e. The molecule has 0 unspecified atom stereocenters. The molecule has 7 nitrogen and oxygen atoms in total. The second kappa shape index (κ2) is 7.11. The quantitative estimate of drug-likeness (QED) is 0.902. The van der Waals surface area contributed by atoms with Crippen molar-refractivity contribution in [2.45, 2.75) is 43.9 Å². The molecule has 1 spiro atoms. The van der Waals surface area contributed by atoms with Crippen LogP contribution in [-0.2, 0) is 18.3 Å². The third-order valence-corrected chi connectivity index (χ3v) is 5.30. The predicted molar refractivity (Wildman–Crippen MR) is 91.6 cm³/mol. The number of aryl methyl sites for hydroxylation is 1. The molecule has 3 heterocycles. The molecule has 1 N–H and O–H groups in total. The molecule has 2 aliphatic heterocycles. The third kappa shape index (κ3) is 3.89. The summed E-state index contributed by atoms with van der Waals surface area (Å²) in [5, 5.41) is 3.13. The van der Waals surface area contributed by atoms with Crippen LogP contribution < -0.4 is 5.32 Å². The van der Waals surface area contributed by atoms with Crippen LogP contribution in [0.15, 0.2) is 12.5 Å². The molecule has 7 heteroatoms. The lowest BCUT2D eigenvalue weighted by Crippen LogP contribution is -2.54. The van der Waals surface area contributed by atoms with E-state index in [2.05, 4.69) is 19.8 Å². The molecule has 0 saturated carbocycles. The number of hydrogen-bond donors (Lipinski definition) is 1. The van der Waals surface area contributed by atoms with Gasteiger partial charge in [0.1, 0.15) is 0 Å². The summed E-state index contributed by atoms with van der Waals surface area (Å²) < 4.78 is 8.25. The van der Waals surface area contributed by atoms with E-state index >= 15 is 0 Å². The monoisotopic (exact) mass is 335 g/mol. The molecule has 1 aromatic heterocycles. The lowest BCUT2D eigenvalue weighted by atomic mass is 9.82. The van der Waals surface area contributed by atoms with Gasteiger partial charge in [0.2, 0.25) is 0 Å². The van der Waals surface area contributed by atoms with Gasteiger partial charge in [0.25, 0.3) is 0 Å². The van der Waals surface area contributed by atoms with E-state index in [4.69, 9.17) is 4.74 Å². The molecule has 2 amide bonds. The molecule has 24 heavy (non-hydrogen) atoms. The fourth-order valence-electron chi connectivity index (χ4n) is 3.69. The van der Waals surface area contributed by atoms with Crippen LogP contribution in [0.4, 0.5) is 4.79 Å². The molecule has 0 radical (unpaired) electrons. The van der Waals surface area contributed by atoms with Crippen molar-refractivity contribution in [3.63, 3.8) is 0 Å². The molecule has 2 saturated heterocycles. The first-order valence-corrected chi connectivity index (χ1v) is 8.77. The average Bonchev–Trinajstić information content (AvgIpc) is 2.95. The standard InChI is InChI=1S/C17H29N5O2/c1-20(2)16(23)19-14-4-9-24-17(10-14)5-7-22(8-6-17)12-15-11-18-13-21(15)3/h11,13-14H,4-10,12H2,1-3H3,(H,19,23)/t14-/m1/s1. The van der Waals surface area contributed by atoms with E-state index in [1.165, 1.54) is 5.69 Å². The zero-order valence-electron chi connectivity index (χ0n) is 15.0. The highest BCUT2D eigenvalue weighted by Crippen LogP contribution is 2.35. The Labute approximate surface area is 144 Å². The minimum absolute atomic E-state index is 0.00862. The van der Waals surface area contributed by atoms with Crippen molar-refractivity contribution >= 4 is 6.03 Å². The third-order valence-electron chi connectivity index (χ3n) is 5.30. The summed E-state index contributed by atoms with van der Waals surface area (Å²) in [6, 6.07) is 0.211. The zero-order valence-corrected chi connectivity index (χ0v) is 15.0. The van der Waals surface area contributed by atoms with E-state index in [0.717, 1.165) is 51.9 Å². The Bertz CT molecular complexity index is 563. The number of carbonyl (C=O) groups is 1. The molecule has 3 rings (SSSR count). The minimum atomic E-state index is -0.0640. The van der Waals surface area contributed by atoms with Gasteiger partial charge in [-0.25, -0.2) is 9.78 Å². The molecular weight excluding hydrogens is 306 g/mol. The van der Waals surface area contributed by atoms with Gasteiger partial charge in [-0.05, 0) is 25.7 Å². The summed E-state index contributed by atoms with van der Waals surface area (Å²) in [5.74, 6) is 0. The maximum atomic E-state index is 11.9. The number of imidazole rings is 1. The van der Waals surface area contributed by atoms with Crippen molar-refractivity contribution < 1.29 is 9.53 Å². The van der Waals surface area contributed by atoms with E-state index in [1.807, 2.05) is 19.6 Å². The molecule has 0 aliphatic carbocycles. The fraction of sp³-hybridized carbons (Fsp3) is 0.765. The number of likely N-dealkylation sites (tertiary alicyclic amines) is 1. The highest BCUT2D eigenvalue weighted by Gasteiger charge is 2.40. The largest absolute Gasteiger partial charge is 0.375 e. The van der Waals surface area contributed by atoms with Crippen LogP contribution in [0.25, 0.3) is 0 Å². The first-order chi connectivity index (χ1) is 11.5. The Hall–Kier alpha value is -1.60. The van der Waals surface area contributed by atoms with Crippen molar-refractivity contribution in [2.75, 3.05) is 33.8 Å². The number of amides is 2. The highest BCUT2D eigenvalue weighted by atomic mass is 16.5. The van der Waals surface area contributed by atoms with Gasteiger partial charge in [0.15, 0.2) is 0 Å². The van der Waals surface area contributed by atoms with Crippen molar-refractivity contribution in [3.8, 4) is 0 Å². The van der Waals surface area contributed by atoms with Gasteiger partial charge in [-0.2, -0.15) is 0 Å². The second-order valence-electron chi connectivity index (χ2n) is 7.34. The lowest BCUT2D eigenvalue weighted by molar-refractivity contribution is -0.119. The van der Waals surface area contributed by atoms with Crippen molar-refractivity contribution in [1.29, 1.82) is 0 Å². The Morgan fingerprint density at radius 1 is 1.46 bits per heavy atom. The number of urea groups is 1. The van der Waals surface area contributed by atoms with E-state index in [0.29, 0.717) is 0 Å². The highest BCUT2D eigenvalue weighted by molar-refractivity contribution is 5.73. The van der Waals surface area contributed by atoms with Crippen molar-refractivity contribution in [2.24, 2.45) is 7.05 Å². The number of nitrogens with one attached hydrogen (secondary N) is 1. The van der Waals surface area contributed by atoms with Crippen LogP contribution in [0.5, 0.6) is 0 Å². The number of aromatic nitrogens is 2. The Morgan fingerprint density at radius 2 is 2.21 bits per heavy atom. The summed E-state index contributed by atoms with van der Waals surface area (Å²) in [5.41, 5.74) is 1.18. The number of nitrogens with zero attached hydrogens (tertiary/aromatic N) is 4. The summed E-state index contributed by atoms with van der Waals surface area (Å²) in [6.07, 6.45) is 7.67. The number of ether oxygens (including phenoxy) is 1. The van der Waals surface area contributed by atoms with Crippen molar-refractivity contribution in [3.05, 3.63) is 18.2 Å². The number of rotatable bonds is 3. The van der Waals surface area contributed by atoms with Crippen molar-refractivity contribution in [1.82, 2.24) is 24.7 Å². The first-order valence-electron chi connectivity index (χ1n) is 8.77. The minimum Gasteiger partial charge on any atom is -0.375 e. The van der Waals surface area contributed by atoms with Crippen LogP contribution in [0.1, 0.15) is 31.4 Å². The predicted octanol–water partition coefficient (Wildman–Crippen LogP) is 1.20. The van der Waals surface area contributed by atoms with Gasteiger partial charge in [0, 0.05) is 59.6 Å². The molecule has 2 aliphatic rings. The van der Waals surface area contributed by atoms with Gasteiger partial charge < -0.3 is 19.5 Å². The maximum Gasteiger partial charge on any atom is 0.317 e. The summed E-state index contributed by atoms with van der Waals surface area (Å²) in [4.78, 5) is 20.2. The molecule has 134 valence electrons. The van der Waals surface area contributed by atoms with Gasteiger partial charge in [-0.15, -0.1) is 0 Å². The summed E-state index contributed by atoms with van der Waals surface area (Å²) in [7, 11) is 5.60. The molecular formula is C17H29N5O2. The van der Waals surface area contributed by atoms with Crippen LogP contribution in [0.3, 0.4) is 0 Å². The Morgan fingerprint density at radius 3 is 2.83 bits per heavy atom. The van der Waals surface area contributed by atoms with E-state index in [1.54, 1.807) is 19.0 Å². The van der Waals surface area contributed by atoms with Crippen LogP contribution in [0.2, 0.25) is 0 Å².